The van der Waals surface area contributed by atoms with Crippen molar-refractivity contribution in [1.29, 1.82) is 0 Å². The number of rotatable bonds is 5. The standard InChI is InChI=1S/C14H17BrN2S/c1-3-17-13(7-14-12(15)4-5-18-14)11-6-10(2)8-16-9-11/h4-6,8-9,13,17H,3,7H2,1-2H3. The van der Waals surface area contributed by atoms with E-state index in [4.69, 9.17) is 0 Å². The zero-order chi connectivity index (χ0) is 13.0. The second-order valence-corrected chi connectivity index (χ2v) is 6.16. The number of hydrogen-bond acceptors (Lipinski definition) is 3. The van der Waals surface area contributed by atoms with Crippen molar-refractivity contribution < 1.29 is 0 Å². The molecule has 96 valence electrons. The second-order valence-electron chi connectivity index (χ2n) is 4.30. The Labute approximate surface area is 121 Å². The molecule has 0 aliphatic carbocycles. The van der Waals surface area contributed by atoms with Crippen LogP contribution in [0.3, 0.4) is 0 Å². The fourth-order valence-corrected chi connectivity index (χ4v) is 3.54. The molecule has 0 aromatic carbocycles. The predicted octanol–water partition coefficient (Wildman–Crippen LogP) is 4.11. The van der Waals surface area contributed by atoms with Crippen LogP contribution >= 0.6 is 27.3 Å². The molecule has 2 aromatic heterocycles. The molecule has 1 unspecified atom stereocenters. The number of pyridine rings is 1. The topological polar surface area (TPSA) is 24.9 Å². The Kier molecular flexibility index (Phi) is 4.92. The Morgan fingerprint density at radius 1 is 1.44 bits per heavy atom. The van der Waals surface area contributed by atoms with E-state index in [1.165, 1.54) is 20.5 Å². The number of nitrogens with zero attached hydrogens (tertiary/aromatic N) is 1. The average Bonchev–Trinajstić information content (AvgIpc) is 2.74. The van der Waals surface area contributed by atoms with Gasteiger partial charge in [-0.05, 0) is 52.0 Å². The lowest BCUT2D eigenvalue weighted by atomic mass is 10.0. The predicted molar refractivity (Wildman–Crippen MR) is 81.1 cm³/mol. The first-order valence-corrected chi connectivity index (χ1v) is 7.74. The second kappa shape index (κ2) is 6.45. The Bertz CT molecular complexity index is 510. The van der Waals surface area contributed by atoms with Crippen LogP contribution in [0.5, 0.6) is 0 Å². The maximum Gasteiger partial charge on any atom is 0.0384 e. The van der Waals surface area contributed by atoms with E-state index in [1.54, 1.807) is 11.3 Å². The summed E-state index contributed by atoms with van der Waals surface area (Å²) in [6, 6.07) is 4.65. The van der Waals surface area contributed by atoms with Crippen LogP contribution in [0.2, 0.25) is 0 Å². The lowest BCUT2D eigenvalue weighted by Crippen LogP contribution is -2.23. The lowest BCUT2D eigenvalue weighted by molar-refractivity contribution is 0.550. The largest absolute Gasteiger partial charge is 0.310 e. The van der Waals surface area contributed by atoms with Crippen molar-refractivity contribution in [3.63, 3.8) is 0 Å². The SMILES string of the molecule is CCNC(Cc1sccc1Br)c1cncc(C)c1. The Morgan fingerprint density at radius 3 is 2.89 bits per heavy atom. The van der Waals surface area contributed by atoms with Crippen LogP contribution in [0.4, 0.5) is 0 Å². The van der Waals surface area contributed by atoms with Gasteiger partial charge in [0.15, 0.2) is 0 Å². The number of halogens is 1. The van der Waals surface area contributed by atoms with E-state index in [0.717, 1.165) is 13.0 Å². The Hall–Kier alpha value is -0.710. The maximum absolute atomic E-state index is 4.29. The van der Waals surface area contributed by atoms with Gasteiger partial charge < -0.3 is 5.32 Å². The van der Waals surface area contributed by atoms with Gasteiger partial charge in [-0.3, -0.25) is 4.98 Å². The summed E-state index contributed by atoms with van der Waals surface area (Å²) >= 11 is 5.40. The minimum atomic E-state index is 0.331. The summed E-state index contributed by atoms with van der Waals surface area (Å²) in [6.07, 6.45) is 4.85. The molecule has 4 heteroatoms. The number of thiophene rings is 1. The highest BCUT2D eigenvalue weighted by Gasteiger charge is 2.14. The molecule has 0 aliphatic rings. The van der Waals surface area contributed by atoms with Crippen LogP contribution in [-0.2, 0) is 6.42 Å². The van der Waals surface area contributed by atoms with Crippen molar-refractivity contribution >= 4 is 27.3 Å². The van der Waals surface area contributed by atoms with E-state index < -0.39 is 0 Å². The van der Waals surface area contributed by atoms with Crippen molar-refractivity contribution in [2.75, 3.05) is 6.54 Å². The summed E-state index contributed by atoms with van der Waals surface area (Å²) in [6.45, 7) is 5.18. The van der Waals surface area contributed by atoms with E-state index in [1.807, 2.05) is 12.4 Å². The number of hydrogen-bond donors (Lipinski definition) is 1. The summed E-state index contributed by atoms with van der Waals surface area (Å²) < 4.78 is 1.20. The van der Waals surface area contributed by atoms with Crippen LogP contribution in [0.25, 0.3) is 0 Å². The molecular weight excluding hydrogens is 308 g/mol. The molecule has 0 bridgehead atoms. The number of aryl methyl sites for hydroxylation is 1. The molecule has 1 atom stereocenters. The van der Waals surface area contributed by atoms with E-state index >= 15 is 0 Å². The zero-order valence-corrected chi connectivity index (χ0v) is 13.0. The van der Waals surface area contributed by atoms with Gasteiger partial charge >= 0.3 is 0 Å². The van der Waals surface area contributed by atoms with Crippen LogP contribution in [0.1, 0.15) is 29.0 Å². The van der Waals surface area contributed by atoms with Crippen LogP contribution < -0.4 is 5.32 Å². The fourth-order valence-electron chi connectivity index (χ4n) is 1.98. The van der Waals surface area contributed by atoms with Gasteiger partial charge in [0.25, 0.3) is 0 Å². The minimum Gasteiger partial charge on any atom is -0.310 e. The monoisotopic (exact) mass is 324 g/mol. The molecule has 2 nitrogen and oxygen atoms in total. The molecule has 0 amide bonds. The van der Waals surface area contributed by atoms with Crippen molar-refractivity contribution in [3.05, 3.63) is 50.4 Å². The van der Waals surface area contributed by atoms with Gasteiger partial charge in [-0.15, -0.1) is 11.3 Å². The van der Waals surface area contributed by atoms with E-state index in [-0.39, 0.29) is 0 Å². The highest BCUT2D eigenvalue weighted by Crippen LogP contribution is 2.28. The highest BCUT2D eigenvalue weighted by atomic mass is 79.9. The first-order valence-electron chi connectivity index (χ1n) is 6.07. The van der Waals surface area contributed by atoms with Gasteiger partial charge in [-0.25, -0.2) is 0 Å². The Balaban J connectivity index is 2.20. The summed E-state index contributed by atoms with van der Waals surface area (Å²) in [5.74, 6) is 0. The van der Waals surface area contributed by atoms with Gasteiger partial charge in [0, 0.05) is 34.2 Å². The Morgan fingerprint density at radius 2 is 2.28 bits per heavy atom. The van der Waals surface area contributed by atoms with Crippen LogP contribution in [0.15, 0.2) is 34.4 Å². The van der Waals surface area contributed by atoms with Gasteiger partial charge in [-0.1, -0.05) is 13.0 Å². The highest BCUT2D eigenvalue weighted by molar-refractivity contribution is 9.10. The van der Waals surface area contributed by atoms with Crippen LogP contribution in [-0.4, -0.2) is 11.5 Å². The third-order valence-electron chi connectivity index (χ3n) is 2.83. The fraction of sp³-hybridized carbons (Fsp3) is 0.357. The number of likely N-dealkylation sites (N-methyl/N-ethyl adjacent to an activating group) is 1. The molecule has 0 radical (unpaired) electrons. The lowest BCUT2D eigenvalue weighted by Gasteiger charge is -2.18. The van der Waals surface area contributed by atoms with Gasteiger partial charge in [0.2, 0.25) is 0 Å². The van der Waals surface area contributed by atoms with Gasteiger partial charge in [-0.2, -0.15) is 0 Å². The van der Waals surface area contributed by atoms with Crippen molar-refractivity contribution in [2.45, 2.75) is 26.3 Å². The van der Waals surface area contributed by atoms with E-state index in [9.17, 15) is 0 Å². The average molecular weight is 325 g/mol. The smallest absolute Gasteiger partial charge is 0.0384 e. The third kappa shape index (κ3) is 3.40. The van der Waals surface area contributed by atoms with Crippen molar-refractivity contribution in [2.24, 2.45) is 0 Å². The maximum atomic E-state index is 4.29. The molecule has 2 rings (SSSR count). The summed E-state index contributed by atoms with van der Waals surface area (Å²) in [5, 5.41) is 5.66. The molecule has 0 aliphatic heterocycles. The molecule has 0 saturated carbocycles. The summed E-state index contributed by atoms with van der Waals surface area (Å²) in [4.78, 5) is 5.67. The first-order chi connectivity index (χ1) is 8.70. The molecule has 0 spiro atoms. The molecule has 0 saturated heterocycles. The molecule has 2 aromatic rings. The first kappa shape index (κ1) is 13.7. The molecule has 18 heavy (non-hydrogen) atoms. The molecule has 1 N–H and O–H groups in total. The van der Waals surface area contributed by atoms with Crippen LogP contribution in [0, 0.1) is 6.92 Å². The van der Waals surface area contributed by atoms with Crippen molar-refractivity contribution in [1.82, 2.24) is 10.3 Å². The van der Waals surface area contributed by atoms with Gasteiger partial charge in [0.05, 0.1) is 0 Å². The summed E-state index contributed by atoms with van der Waals surface area (Å²) in [7, 11) is 0. The normalized spacial score (nSPS) is 12.6. The number of nitrogens with one attached hydrogen (secondary N) is 1. The van der Waals surface area contributed by atoms with Crippen molar-refractivity contribution in [3.8, 4) is 0 Å². The van der Waals surface area contributed by atoms with Gasteiger partial charge in [0.1, 0.15) is 0 Å². The minimum absolute atomic E-state index is 0.331. The molecule has 0 fully saturated rings. The number of aromatic nitrogens is 1. The molecular formula is C14H17BrN2S. The summed E-state index contributed by atoms with van der Waals surface area (Å²) in [5.41, 5.74) is 2.47. The third-order valence-corrected chi connectivity index (χ3v) is 4.78. The quantitative estimate of drug-likeness (QED) is 0.895. The van der Waals surface area contributed by atoms with E-state index in [0.29, 0.717) is 6.04 Å². The zero-order valence-electron chi connectivity index (χ0n) is 10.6. The van der Waals surface area contributed by atoms with E-state index in [2.05, 4.69) is 57.6 Å². The molecule has 2 heterocycles.